The van der Waals surface area contributed by atoms with E-state index >= 15 is 0 Å². The van der Waals surface area contributed by atoms with Gasteiger partial charge in [0, 0.05) is 31.4 Å². The Hall–Kier alpha value is -1.54. The number of amides is 1. The van der Waals surface area contributed by atoms with Crippen LogP contribution >= 0.6 is 0 Å². The van der Waals surface area contributed by atoms with Gasteiger partial charge in [0.2, 0.25) is 5.91 Å². The molecule has 0 spiro atoms. The first-order valence-electron chi connectivity index (χ1n) is 9.20. The smallest absolute Gasteiger partial charge is 0.241 e. The summed E-state index contributed by atoms with van der Waals surface area (Å²) in [6.45, 7) is 3.40. The van der Waals surface area contributed by atoms with Crippen LogP contribution in [0.4, 0.5) is 0 Å². The van der Waals surface area contributed by atoms with E-state index in [-0.39, 0.29) is 24.1 Å². The normalized spacial score (nSPS) is 31.9. The SMILES string of the molecule is O=C(C1CCNN1)N1CCOC2C(COCc3cccnc3)CCC21. The second kappa shape index (κ2) is 7.78. The van der Waals surface area contributed by atoms with Gasteiger partial charge < -0.3 is 14.4 Å². The number of carbonyl (C=O) groups is 1. The first-order valence-corrected chi connectivity index (χ1v) is 9.20. The Kier molecular flexibility index (Phi) is 5.26. The average molecular weight is 346 g/mol. The molecule has 0 bridgehead atoms. The molecule has 2 aliphatic heterocycles. The van der Waals surface area contributed by atoms with E-state index in [2.05, 4.69) is 15.8 Å². The van der Waals surface area contributed by atoms with Gasteiger partial charge in [0.05, 0.1) is 32.0 Å². The maximum Gasteiger partial charge on any atom is 0.241 e. The van der Waals surface area contributed by atoms with Crippen molar-refractivity contribution in [3.63, 3.8) is 0 Å². The molecule has 7 nitrogen and oxygen atoms in total. The van der Waals surface area contributed by atoms with Crippen LogP contribution in [0, 0.1) is 5.92 Å². The van der Waals surface area contributed by atoms with Gasteiger partial charge in [-0.3, -0.25) is 15.2 Å². The van der Waals surface area contributed by atoms with Gasteiger partial charge in [-0.25, -0.2) is 5.43 Å². The average Bonchev–Trinajstić information content (AvgIpc) is 3.32. The summed E-state index contributed by atoms with van der Waals surface area (Å²) in [5.74, 6) is 0.562. The predicted molar refractivity (Wildman–Crippen MR) is 91.4 cm³/mol. The summed E-state index contributed by atoms with van der Waals surface area (Å²) in [6.07, 6.45) is 6.59. The van der Waals surface area contributed by atoms with Gasteiger partial charge in [0.1, 0.15) is 6.04 Å². The number of ether oxygens (including phenoxy) is 2. The minimum Gasteiger partial charge on any atom is -0.376 e. The maximum absolute atomic E-state index is 12.8. The molecule has 1 aromatic heterocycles. The molecule has 1 amide bonds. The van der Waals surface area contributed by atoms with Crippen molar-refractivity contribution in [1.82, 2.24) is 20.7 Å². The molecule has 3 aliphatic rings. The highest BCUT2D eigenvalue weighted by Crippen LogP contribution is 2.35. The highest BCUT2D eigenvalue weighted by molar-refractivity contribution is 5.82. The Morgan fingerprint density at radius 2 is 2.36 bits per heavy atom. The lowest BCUT2D eigenvalue weighted by molar-refractivity contribution is -0.149. The molecule has 4 unspecified atom stereocenters. The van der Waals surface area contributed by atoms with Crippen molar-refractivity contribution in [1.29, 1.82) is 0 Å². The number of pyridine rings is 1. The van der Waals surface area contributed by atoms with Crippen LogP contribution in [0.3, 0.4) is 0 Å². The number of nitrogens with zero attached hydrogens (tertiary/aromatic N) is 2. The topological polar surface area (TPSA) is 75.7 Å². The molecule has 0 aromatic carbocycles. The van der Waals surface area contributed by atoms with Crippen molar-refractivity contribution in [3.05, 3.63) is 30.1 Å². The largest absolute Gasteiger partial charge is 0.376 e. The van der Waals surface area contributed by atoms with E-state index in [0.717, 1.165) is 31.4 Å². The van der Waals surface area contributed by atoms with Gasteiger partial charge in [0.15, 0.2) is 0 Å². The van der Waals surface area contributed by atoms with E-state index in [1.807, 2.05) is 23.2 Å². The summed E-state index contributed by atoms with van der Waals surface area (Å²) in [7, 11) is 0. The Labute approximate surface area is 148 Å². The molecule has 2 N–H and O–H groups in total. The number of hydrogen-bond acceptors (Lipinski definition) is 6. The zero-order valence-corrected chi connectivity index (χ0v) is 14.4. The van der Waals surface area contributed by atoms with Crippen molar-refractivity contribution < 1.29 is 14.3 Å². The molecule has 1 saturated carbocycles. The van der Waals surface area contributed by atoms with Gasteiger partial charge in [0.25, 0.3) is 0 Å². The summed E-state index contributed by atoms with van der Waals surface area (Å²) < 4.78 is 11.9. The van der Waals surface area contributed by atoms with E-state index in [1.54, 1.807) is 6.20 Å². The van der Waals surface area contributed by atoms with E-state index in [1.165, 1.54) is 0 Å². The molecule has 25 heavy (non-hydrogen) atoms. The quantitative estimate of drug-likeness (QED) is 0.807. The summed E-state index contributed by atoms with van der Waals surface area (Å²) in [5.41, 5.74) is 7.22. The highest BCUT2D eigenvalue weighted by atomic mass is 16.5. The van der Waals surface area contributed by atoms with Crippen LogP contribution in [0.1, 0.15) is 24.8 Å². The molecular weight excluding hydrogens is 320 g/mol. The lowest BCUT2D eigenvalue weighted by atomic mass is 10.0. The molecule has 4 rings (SSSR count). The molecule has 1 aliphatic carbocycles. The van der Waals surface area contributed by atoms with Crippen molar-refractivity contribution in [3.8, 4) is 0 Å². The van der Waals surface area contributed by atoms with Crippen LogP contribution in [0.15, 0.2) is 24.5 Å². The number of aromatic nitrogens is 1. The third kappa shape index (κ3) is 3.69. The minimum absolute atomic E-state index is 0.0976. The summed E-state index contributed by atoms with van der Waals surface area (Å²) >= 11 is 0. The number of nitrogens with one attached hydrogen (secondary N) is 2. The Morgan fingerprint density at radius 3 is 3.16 bits per heavy atom. The maximum atomic E-state index is 12.8. The molecule has 3 heterocycles. The van der Waals surface area contributed by atoms with Gasteiger partial charge in [-0.2, -0.15) is 0 Å². The summed E-state index contributed by atoms with van der Waals surface area (Å²) in [4.78, 5) is 18.9. The second-order valence-corrected chi connectivity index (χ2v) is 7.06. The minimum atomic E-state index is -0.0976. The van der Waals surface area contributed by atoms with E-state index in [4.69, 9.17) is 9.47 Å². The van der Waals surface area contributed by atoms with Crippen molar-refractivity contribution in [2.24, 2.45) is 5.92 Å². The zero-order valence-electron chi connectivity index (χ0n) is 14.4. The summed E-state index contributed by atoms with van der Waals surface area (Å²) in [6, 6.07) is 4.03. The molecule has 1 aromatic rings. The lowest BCUT2D eigenvalue weighted by Gasteiger charge is -2.40. The highest BCUT2D eigenvalue weighted by Gasteiger charge is 2.45. The molecule has 3 fully saturated rings. The number of carbonyl (C=O) groups excluding carboxylic acids is 1. The number of fused-ring (bicyclic) bond motifs is 1. The van der Waals surface area contributed by atoms with Crippen LogP contribution in [0.2, 0.25) is 0 Å². The van der Waals surface area contributed by atoms with E-state index in [9.17, 15) is 4.79 Å². The van der Waals surface area contributed by atoms with Gasteiger partial charge in [-0.1, -0.05) is 6.07 Å². The predicted octanol–water partition coefficient (Wildman–Crippen LogP) is 0.471. The monoisotopic (exact) mass is 346 g/mol. The fraction of sp³-hybridized carbons (Fsp3) is 0.667. The molecular formula is C18H26N4O3. The van der Waals surface area contributed by atoms with Crippen LogP contribution in [-0.2, 0) is 20.9 Å². The Bertz CT molecular complexity index is 579. The van der Waals surface area contributed by atoms with Gasteiger partial charge >= 0.3 is 0 Å². The number of rotatable bonds is 5. The fourth-order valence-corrected chi connectivity index (χ4v) is 4.19. The standard InChI is InChI=1S/C18H26N4O3/c23-18(15-5-7-20-21-15)22-8-9-25-17-14(3-4-16(17)22)12-24-11-13-2-1-6-19-10-13/h1-2,6,10,14-17,20-21H,3-5,7-9,11-12H2. The number of hydrazine groups is 1. The van der Waals surface area contributed by atoms with Crippen molar-refractivity contribution in [2.45, 2.75) is 44.1 Å². The van der Waals surface area contributed by atoms with Gasteiger partial charge in [-0.05, 0) is 30.9 Å². The van der Waals surface area contributed by atoms with Crippen LogP contribution in [-0.4, -0.2) is 60.3 Å². The van der Waals surface area contributed by atoms with Gasteiger partial charge in [-0.15, -0.1) is 0 Å². The van der Waals surface area contributed by atoms with Crippen LogP contribution in [0.5, 0.6) is 0 Å². The third-order valence-corrected chi connectivity index (χ3v) is 5.46. The van der Waals surface area contributed by atoms with Crippen LogP contribution < -0.4 is 10.9 Å². The molecule has 0 radical (unpaired) electrons. The lowest BCUT2D eigenvalue weighted by Crippen LogP contribution is -2.57. The zero-order chi connectivity index (χ0) is 17.1. The van der Waals surface area contributed by atoms with E-state index in [0.29, 0.717) is 32.3 Å². The number of hydrogen-bond donors (Lipinski definition) is 2. The molecule has 2 saturated heterocycles. The first-order chi connectivity index (χ1) is 12.3. The number of morpholine rings is 1. The molecule has 7 heteroatoms. The first kappa shape index (κ1) is 16.9. The Balaban J connectivity index is 1.32. The summed E-state index contributed by atoms with van der Waals surface area (Å²) in [5, 5.41) is 0. The molecule has 4 atom stereocenters. The van der Waals surface area contributed by atoms with Crippen LogP contribution in [0.25, 0.3) is 0 Å². The fourth-order valence-electron chi connectivity index (χ4n) is 4.19. The third-order valence-electron chi connectivity index (χ3n) is 5.46. The molecule has 136 valence electrons. The van der Waals surface area contributed by atoms with Crippen molar-refractivity contribution >= 4 is 5.91 Å². The van der Waals surface area contributed by atoms with E-state index < -0.39 is 0 Å². The Morgan fingerprint density at radius 1 is 1.40 bits per heavy atom. The second-order valence-electron chi connectivity index (χ2n) is 7.06. The van der Waals surface area contributed by atoms with Crippen molar-refractivity contribution in [2.75, 3.05) is 26.3 Å².